The molecular weight excluding hydrogens is 346 g/mol. The summed E-state index contributed by atoms with van der Waals surface area (Å²) in [4.78, 5) is 0.238. The van der Waals surface area contributed by atoms with Crippen LogP contribution in [0.15, 0.2) is 35.2 Å². The maximum Gasteiger partial charge on any atom is 0.296 e. The molecule has 0 atom stereocenters. The number of nitrogens with two attached hydrogens (primary N) is 1. The van der Waals surface area contributed by atoms with Crippen molar-refractivity contribution in [2.75, 3.05) is 6.61 Å². The number of unbranched alkanes of at least 4 members (excludes halogenated alkanes) is 9. The van der Waals surface area contributed by atoms with Gasteiger partial charge >= 0.3 is 0 Å². The Morgan fingerprint density at radius 1 is 0.846 bits per heavy atom. The molecule has 0 heterocycles. The van der Waals surface area contributed by atoms with Gasteiger partial charge in [0.2, 0.25) is 0 Å². The molecule has 0 radical (unpaired) electrons. The van der Waals surface area contributed by atoms with Crippen molar-refractivity contribution in [3.8, 4) is 0 Å². The van der Waals surface area contributed by atoms with Crippen molar-refractivity contribution >= 4 is 10.1 Å². The molecule has 0 fully saturated rings. The van der Waals surface area contributed by atoms with E-state index in [4.69, 9.17) is 9.92 Å². The number of benzene rings is 1. The predicted octanol–water partition coefficient (Wildman–Crippen LogP) is 5.67. The van der Waals surface area contributed by atoms with E-state index in [0.29, 0.717) is 6.04 Å². The molecular formula is C21H39NO3S. The highest BCUT2D eigenvalue weighted by molar-refractivity contribution is 7.86. The summed E-state index contributed by atoms with van der Waals surface area (Å²) in [5.74, 6) is 0. The van der Waals surface area contributed by atoms with Crippen LogP contribution in [0.25, 0.3) is 0 Å². The Kier molecular flexibility index (Phi) is 15.7. The van der Waals surface area contributed by atoms with Gasteiger partial charge in [0.15, 0.2) is 0 Å². The molecule has 1 rings (SSSR count). The summed E-state index contributed by atoms with van der Waals surface area (Å²) in [6.07, 6.45) is 12.3. The Morgan fingerprint density at radius 2 is 1.27 bits per heavy atom. The van der Waals surface area contributed by atoms with E-state index in [1.54, 1.807) is 30.3 Å². The van der Waals surface area contributed by atoms with Crippen LogP contribution in [0.4, 0.5) is 0 Å². The maximum absolute atomic E-state index is 11.9. The van der Waals surface area contributed by atoms with Crippen molar-refractivity contribution in [3.63, 3.8) is 0 Å². The zero-order valence-corrected chi connectivity index (χ0v) is 17.8. The molecule has 1 aromatic rings. The van der Waals surface area contributed by atoms with Gasteiger partial charge in [0.25, 0.3) is 10.1 Å². The van der Waals surface area contributed by atoms with Gasteiger partial charge in [0, 0.05) is 0 Å². The van der Waals surface area contributed by atoms with Gasteiger partial charge in [-0.2, -0.15) is 8.42 Å². The second-order valence-corrected chi connectivity index (χ2v) is 8.63. The summed E-state index contributed by atoms with van der Waals surface area (Å²) < 4.78 is 28.8. The molecule has 4 nitrogen and oxygen atoms in total. The molecule has 0 spiro atoms. The monoisotopic (exact) mass is 385 g/mol. The normalized spacial score (nSPS) is 11.3. The van der Waals surface area contributed by atoms with E-state index in [2.05, 4.69) is 6.92 Å². The smallest absolute Gasteiger partial charge is 0.296 e. The molecule has 1 aromatic carbocycles. The minimum absolute atomic E-state index is 0.238. The van der Waals surface area contributed by atoms with E-state index in [0.717, 1.165) is 12.8 Å². The number of hydrogen-bond donors (Lipinski definition) is 1. The average molecular weight is 386 g/mol. The average Bonchev–Trinajstić information content (AvgIpc) is 2.60. The third-order valence-electron chi connectivity index (χ3n) is 3.77. The van der Waals surface area contributed by atoms with Crippen molar-refractivity contribution in [3.05, 3.63) is 30.3 Å². The first-order valence-corrected chi connectivity index (χ1v) is 11.5. The van der Waals surface area contributed by atoms with Gasteiger partial charge < -0.3 is 5.73 Å². The molecule has 2 N–H and O–H groups in total. The fourth-order valence-electron chi connectivity index (χ4n) is 2.41. The quantitative estimate of drug-likeness (QED) is 0.351. The Bertz CT molecular complexity index is 513. The molecule has 0 bridgehead atoms. The zero-order chi connectivity index (χ0) is 19.7. The number of rotatable bonds is 13. The zero-order valence-electron chi connectivity index (χ0n) is 17.0. The molecule has 0 aliphatic carbocycles. The van der Waals surface area contributed by atoms with Crippen LogP contribution in [0.3, 0.4) is 0 Å². The van der Waals surface area contributed by atoms with Gasteiger partial charge in [-0.05, 0) is 24.6 Å². The van der Waals surface area contributed by atoms with Crippen LogP contribution < -0.4 is 5.73 Å². The highest BCUT2D eigenvalue weighted by Gasteiger charge is 2.13. The lowest BCUT2D eigenvalue weighted by molar-refractivity contribution is 0.306. The van der Waals surface area contributed by atoms with E-state index in [-0.39, 0.29) is 11.5 Å². The number of hydrogen-bond acceptors (Lipinski definition) is 4. The molecule has 26 heavy (non-hydrogen) atoms. The fourth-order valence-corrected chi connectivity index (χ4v) is 3.38. The molecule has 0 unspecified atom stereocenters. The molecule has 0 aliphatic rings. The van der Waals surface area contributed by atoms with Crippen molar-refractivity contribution in [2.45, 2.75) is 95.9 Å². The fraction of sp³-hybridized carbons (Fsp3) is 0.714. The molecule has 0 amide bonds. The van der Waals surface area contributed by atoms with Gasteiger partial charge in [0.05, 0.1) is 11.5 Å². The van der Waals surface area contributed by atoms with Crippen LogP contribution in [0, 0.1) is 0 Å². The Labute approximate surface area is 161 Å². The van der Waals surface area contributed by atoms with Gasteiger partial charge in [-0.15, -0.1) is 0 Å². The lowest BCUT2D eigenvalue weighted by Gasteiger charge is -2.05. The molecule has 0 saturated carbocycles. The Balaban J connectivity index is 0.00000141. The molecule has 0 aliphatic heterocycles. The van der Waals surface area contributed by atoms with Crippen LogP contribution in [0.5, 0.6) is 0 Å². The van der Waals surface area contributed by atoms with Gasteiger partial charge in [-0.1, -0.05) is 96.8 Å². The molecule has 0 aromatic heterocycles. The van der Waals surface area contributed by atoms with E-state index >= 15 is 0 Å². The predicted molar refractivity (Wildman–Crippen MR) is 111 cm³/mol. The molecule has 5 heteroatoms. The maximum atomic E-state index is 11.9. The van der Waals surface area contributed by atoms with Crippen molar-refractivity contribution in [2.24, 2.45) is 5.73 Å². The van der Waals surface area contributed by atoms with E-state index < -0.39 is 10.1 Å². The highest BCUT2D eigenvalue weighted by atomic mass is 32.2. The van der Waals surface area contributed by atoms with Crippen molar-refractivity contribution in [1.82, 2.24) is 0 Å². The van der Waals surface area contributed by atoms with Crippen LogP contribution in [-0.4, -0.2) is 21.1 Å². The first kappa shape index (κ1) is 25.1. The standard InChI is InChI=1S/C18H30O3S.C3H9N/c1-2-3-4-5-6-7-8-9-10-14-17-21-22(19,20)18-15-12-11-13-16-18;1-3(2)4/h11-13,15-16H,2-10,14,17H2,1H3;3H,4H2,1-2H3. The first-order chi connectivity index (χ1) is 12.4. The molecule has 0 saturated heterocycles. The Morgan fingerprint density at radius 3 is 1.73 bits per heavy atom. The topological polar surface area (TPSA) is 69.4 Å². The van der Waals surface area contributed by atoms with E-state index in [1.807, 2.05) is 13.8 Å². The second kappa shape index (κ2) is 16.3. The lowest BCUT2D eigenvalue weighted by atomic mass is 10.1. The summed E-state index contributed by atoms with van der Waals surface area (Å²) in [5, 5.41) is 0. The summed E-state index contributed by atoms with van der Waals surface area (Å²) in [5.41, 5.74) is 5.11. The van der Waals surface area contributed by atoms with Gasteiger partial charge in [-0.25, -0.2) is 0 Å². The van der Waals surface area contributed by atoms with Crippen molar-refractivity contribution in [1.29, 1.82) is 0 Å². The summed E-state index contributed by atoms with van der Waals surface area (Å²) in [6, 6.07) is 8.66. The second-order valence-electron chi connectivity index (χ2n) is 7.02. The van der Waals surface area contributed by atoms with Crippen LogP contribution >= 0.6 is 0 Å². The van der Waals surface area contributed by atoms with E-state index in [9.17, 15) is 8.42 Å². The minimum Gasteiger partial charge on any atom is -0.328 e. The lowest BCUT2D eigenvalue weighted by Crippen LogP contribution is -2.07. The third-order valence-corrected chi connectivity index (χ3v) is 5.09. The SMILES string of the molecule is CC(C)N.CCCCCCCCCCCCOS(=O)(=O)c1ccccc1. The van der Waals surface area contributed by atoms with Gasteiger partial charge in [0.1, 0.15) is 0 Å². The van der Waals surface area contributed by atoms with Crippen molar-refractivity contribution < 1.29 is 12.6 Å². The Hall–Kier alpha value is -0.910. The molecule has 152 valence electrons. The summed E-state index contributed by atoms with van der Waals surface area (Å²) in [6.45, 7) is 6.41. The first-order valence-electron chi connectivity index (χ1n) is 10.1. The van der Waals surface area contributed by atoms with Gasteiger partial charge in [-0.3, -0.25) is 4.18 Å². The van der Waals surface area contributed by atoms with Crippen LogP contribution in [0.2, 0.25) is 0 Å². The van der Waals surface area contributed by atoms with E-state index in [1.165, 1.54) is 51.4 Å². The largest absolute Gasteiger partial charge is 0.328 e. The van der Waals surface area contributed by atoms with Crippen LogP contribution in [0.1, 0.15) is 85.0 Å². The summed E-state index contributed by atoms with van der Waals surface area (Å²) in [7, 11) is -3.57. The third kappa shape index (κ3) is 15.4. The highest BCUT2D eigenvalue weighted by Crippen LogP contribution is 2.13. The summed E-state index contributed by atoms with van der Waals surface area (Å²) >= 11 is 0. The minimum atomic E-state index is -3.57. The van der Waals surface area contributed by atoms with Crippen LogP contribution in [-0.2, 0) is 14.3 Å².